The summed E-state index contributed by atoms with van der Waals surface area (Å²) in [6.45, 7) is 0. The van der Waals surface area contributed by atoms with Crippen molar-refractivity contribution in [3.05, 3.63) is 64.2 Å². The van der Waals surface area contributed by atoms with Crippen molar-refractivity contribution in [1.29, 1.82) is 0 Å². The van der Waals surface area contributed by atoms with E-state index in [2.05, 4.69) is 24.3 Å². The molecule has 0 amide bonds. The number of hydrogen-bond donors (Lipinski definition) is 0. The maximum atomic E-state index is 6.60. The Morgan fingerprint density at radius 1 is 1.21 bits per heavy atom. The topological polar surface area (TPSA) is 9.23 Å². The molecule has 0 spiro atoms. The van der Waals surface area contributed by atoms with E-state index in [0.29, 0.717) is 16.7 Å². The highest BCUT2D eigenvalue weighted by molar-refractivity contribution is 6.32. The van der Waals surface area contributed by atoms with Gasteiger partial charge >= 0.3 is 0 Å². The summed E-state index contributed by atoms with van der Waals surface area (Å²) < 4.78 is 5.16. The van der Waals surface area contributed by atoms with Crippen LogP contribution >= 0.6 is 23.2 Å². The van der Waals surface area contributed by atoms with Gasteiger partial charge in [0.25, 0.3) is 0 Å². The van der Waals surface area contributed by atoms with Gasteiger partial charge in [-0.3, -0.25) is 0 Å². The van der Waals surface area contributed by atoms with Crippen LogP contribution in [0.15, 0.2) is 42.5 Å². The van der Waals surface area contributed by atoms with Gasteiger partial charge < -0.3 is 4.74 Å². The molecular weight excluding hydrogens is 279 g/mol. The third-order valence-electron chi connectivity index (χ3n) is 3.74. The highest BCUT2D eigenvalue weighted by Gasteiger charge is 2.32. The molecule has 1 aliphatic rings. The van der Waals surface area contributed by atoms with Gasteiger partial charge in [-0.1, -0.05) is 41.9 Å². The van der Waals surface area contributed by atoms with Crippen molar-refractivity contribution in [2.45, 2.75) is 17.7 Å². The van der Waals surface area contributed by atoms with E-state index in [4.69, 9.17) is 27.9 Å². The first-order valence-electron chi connectivity index (χ1n) is 6.26. The van der Waals surface area contributed by atoms with Crippen LogP contribution < -0.4 is 4.74 Å². The Morgan fingerprint density at radius 2 is 2.00 bits per heavy atom. The molecule has 2 aromatic carbocycles. The largest absolute Gasteiger partial charge is 0.495 e. The van der Waals surface area contributed by atoms with Gasteiger partial charge in [0.05, 0.1) is 17.5 Å². The minimum atomic E-state index is -0.0432. The molecule has 0 N–H and O–H groups in total. The number of ether oxygens (including phenoxy) is 1. The van der Waals surface area contributed by atoms with E-state index in [9.17, 15) is 0 Å². The zero-order chi connectivity index (χ0) is 13.4. The average Bonchev–Trinajstić information content (AvgIpc) is 2.40. The lowest BCUT2D eigenvalue weighted by Crippen LogP contribution is -2.21. The summed E-state index contributed by atoms with van der Waals surface area (Å²) in [5.41, 5.74) is 3.80. The molecule has 1 nitrogen and oxygen atoms in total. The number of fused-ring (bicyclic) bond motifs is 1. The number of alkyl halides is 1. The predicted molar refractivity (Wildman–Crippen MR) is 79.5 cm³/mol. The smallest absolute Gasteiger partial charge is 0.137 e. The van der Waals surface area contributed by atoms with Crippen LogP contribution in [0.4, 0.5) is 0 Å². The molecule has 19 heavy (non-hydrogen) atoms. The molecule has 3 heteroatoms. The summed E-state index contributed by atoms with van der Waals surface area (Å²) in [5.74, 6) is 1.06. The summed E-state index contributed by atoms with van der Waals surface area (Å²) in [6.07, 6.45) is 1.04. The molecule has 98 valence electrons. The molecule has 0 fully saturated rings. The van der Waals surface area contributed by atoms with Gasteiger partial charge in [-0.15, -0.1) is 11.6 Å². The number of methoxy groups -OCH3 is 1. The lowest BCUT2D eigenvalue weighted by molar-refractivity contribution is 0.414. The van der Waals surface area contributed by atoms with Gasteiger partial charge in [-0.2, -0.15) is 0 Å². The van der Waals surface area contributed by atoms with E-state index in [1.807, 2.05) is 18.2 Å². The number of benzene rings is 2. The van der Waals surface area contributed by atoms with Crippen molar-refractivity contribution < 1.29 is 4.74 Å². The van der Waals surface area contributed by atoms with Gasteiger partial charge in [-0.25, -0.2) is 0 Å². The predicted octanol–water partition coefficient (Wildman–Crippen LogP) is 4.97. The molecule has 2 unspecified atom stereocenters. The quantitative estimate of drug-likeness (QED) is 0.726. The summed E-state index contributed by atoms with van der Waals surface area (Å²) in [4.78, 5) is 0. The first-order valence-corrected chi connectivity index (χ1v) is 7.07. The van der Waals surface area contributed by atoms with Gasteiger partial charge in [0.1, 0.15) is 5.75 Å². The summed E-state index contributed by atoms with van der Waals surface area (Å²) in [6, 6.07) is 14.2. The second-order valence-corrected chi connectivity index (χ2v) is 5.68. The molecule has 0 radical (unpaired) electrons. The van der Waals surface area contributed by atoms with Gasteiger partial charge in [0.15, 0.2) is 0 Å². The van der Waals surface area contributed by atoms with Crippen LogP contribution in [0, 0.1) is 0 Å². The number of rotatable bonds is 3. The minimum absolute atomic E-state index is 0.0432. The third kappa shape index (κ3) is 2.22. The molecule has 0 aliphatic heterocycles. The molecule has 1 aliphatic carbocycles. The minimum Gasteiger partial charge on any atom is -0.495 e. The Balaban J connectivity index is 1.86. The molecule has 0 bridgehead atoms. The van der Waals surface area contributed by atoms with Gasteiger partial charge in [0, 0.05) is 5.92 Å². The third-order valence-corrected chi connectivity index (χ3v) is 4.59. The SMILES string of the molecule is COc1ccc(C(Cl)C2Cc3ccccc32)cc1Cl. The standard InChI is InChI=1S/C16H14Cl2O/c1-19-15-7-6-11(9-14(15)17)16(18)13-8-10-4-2-3-5-12(10)13/h2-7,9,13,16H,8H2,1H3. The van der Waals surface area contributed by atoms with Crippen LogP contribution in [0.3, 0.4) is 0 Å². The summed E-state index contributed by atoms with van der Waals surface area (Å²) >= 11 is 12.8. The number of halogens is 2. The fourth-order valence-corrected chi connectivity index (χ4v) is 3.27. The lowest BCUT2D eigenvalue weighted by atomic mass is 9.74. The van der Waals surface area contributed by atoms with Crippen molar-refractivity contribution in [2.75, 3.05) is 7.11 Å². The van der Waals surface area contributed by atoms with E-state index in [-0.39, 0.29) is 5.38 Å². The second kappa shape index (κ2) is 5.07. The summed E-state index contributed by atoms with van der Waals surface area (Å²) in [7, 11) is 1.61. The zero-order valence-electron chi connectivity index (χ0n) is 10.6. The molecule has 0 saturated carbocycles. The Bertz CT molecular complexity index is 609. The fourth-order valence-electron chi connectivity index (χ4n) is 2.65. The van der Waals surface area contributed by atoms with Gasteiger partial charge in [0.2, 0.25) is 0 Å². The Kier molecular flexibility index (Phi) is 3.42. The molecule has 2 aromatic rings. The van der Waals surface area contributed by atoms with E-state index in [0.717, 1.165) is 12.0 Å². The van der Waals surface area contributed by atoms with Crippen LogP contribution in [-0.4, -0.2) is 7.11 Å². The van der Waals surface area contributed by atoms with Crippen LogP contribution in [0.25, 0.3) is 0 Å². The normalized spacial score (nSPS) is 18.4. The average molecular weight is 293 g/mol. The highest BCUT2D eigenvalue weighted by Crippen LogP contribution is 2.47. The van der Waals surface area contributed by atoms with Crippen molar-refractivity contribution in [3.8, 4) is 5.75 Å². The van der Waals surface area contributed by atoms with Crippen molar-refractivity contribution >= 4 is 23.2 Å². The second-order valence-electron chi connectivity index (χ2n) is 4.81. The maximum absolute atomic E-state index is 6.60. The summed E-state index contributed by atoms with van der Waals surface area (Å²) in [5, 5.41) is 0.566. The van der Waals surface area contributed by atoms with Crippen LogP contribution in [0.2, 0.25) is 5.02 Å². The first kappa shape index (κ1) is 12.8. The van der Waals surface area contributed by atoms with Crippen molar-refractivity contribution in [3.63, 3.8) is 0 Å². The molecule has 0 saturated heterocycles. The fraction of sp³-hybridized carbons (Fsp3) is 0.250. The van der Waals surface area contributed by atoms with Crippen LogP contribution in [0.1, 0.15) is 28.0 Å². The van der Waals surface area contributed by atoms with E-state index in [1.165, 1.54) is 11.1 Å². The zero-order valence-corrected chi connectivity index (χ0v) is 12.1. The van der Waals surface area contributed by atoms with E-state index in [1.54, 1.807) is 7.11 Å². The Labute approximate surface area is 123 Å². The van der Waals surface area contributed by atoms with E-state index >= 15 is 0 Å². The molecule has 2 atom stereocenters. The Morgan fingerprint density at radius 3 is 2.68 bits per heavy atom. The van der Waals surface area contributed by atoms with Crippen molar-refractivity contribution in [2.24, 2.45) is 0 Å². The van der Waals surface area contributed by atoms with E-state index < -0.39 is 0 Å². The molecular formula is C16H14Cl2O. The van der Waals surface area contributed by atoms with Crippen LogP contribution in [-0.2, 0) is 6.42 Å². The first-order chi connectivity index (χ1) is 9.20. The maximum Gasteiger partial charge on any atom is 0.137 e. The number of hydrogen-bond acceptors (Lipinski definition) is 1. The molecule has 0 aromatic heterocycles. The lowest BCUT2D eigenvalue weighted by Gasteiger charge is -2.33. The van der Waals surface area contributed by atoms with Crippen molar-refractivity contribution in [1.82, 2.24) is 0 Å². The highest BCUT2D eigenvalue weighted by atomic mass is 35.5. The van der Waals surface area contributed by atoms with Gasteiger partial charge in [-0.05, 0) is 35.2 Å². The Hall–Kier alpha value is -1.18. The molecule has 0 heterocycles. The molecule has 3 rings (SSSR count). The monoisotopic (exact) mass is 292 g/mol. The van der Waals surface area contributed by atoms with Crippen LogP contribution in [0.5, 0.6) is 5.75 Å².